The Bertz CT molecular complexity index is 519. The van der Waals surface area contributed by atoms with E-state index in [1.54, 1.807) is 11.8 Å². The first-order valence-electron chi connectivity index (χ1n) is 7.77. The average Bonchev–Trinajstić information content (AvgIpc) is 3.26. The Hall–Kier alpha value is -1.46. The lowest BCUT2D eigenvalue weighted by Gasteiger charge is -2.24. The molecule has 5 heteroatoms. The van der Waals surface area contributed by atoms with Crippen molar-refractivity contribution in [1.82, 2.24) is 10.2 Å². The summed E-state index contributed by atoms with van der Waals surface area (Å²) in [5.41, 5.74) is 2.58. The van der Waals surface area contributed by atoms with Gasteiger partial charge in [0, 0.05) is 18.8 Å². The molecular weight excluding hydrogens is 296 g/mol. The molecule has 22 heavy (non-hydrogen) atoms. The van der Waals surface area contributed by atoms with Gasteiger partial charge < -0.3 is 10.1 Å². The van der Waals surface area contributed by atoms with E-state index in [1.165, 1.54) is 12.7 Å². The maximum Gasteiger partial charge on any atom is 0.310 e. The minimum absolute atomic E-state index is 0.0168. The summed E-state index contributed by atoms with van der Waals surface area (Å²) < 4.78 is 4.83. The maximum atomic E-state index is 11.6. The number of hydrogen-bond acceptors (Lipinski definition) is 5. The van der Waals surface area contributed by atoms with Gasteiger partial charge in [-0.2, -0.15) is 0 Å². The minimum Gasteiger partial charge on any atom is -0.469 e. The molecule has 0 aromatic heterocycles. The van der Waals surface area contributed by atoms with Gasteiger partial charge in [-0.3, -0.25) is 9.69 Å². The summed E-state index contributed by atoms with van der Waals surface area (Å²) in [5.74, 6) is -0.0742. The number of benzene rings is 1. The molecule has 1 N–H and O–H groups in total. The molecule has 4 nitrogen and oxygen atoms in total. The summed E-state index contributed by atoms with van der Waals surface area (Å²) in [6.07, 6.45) is 0.881. The van der Waals surface area contributed by atoms with E-state index in [0.29, 0.717) is 0 Å². The summed E-state index contributed by atoms with van der Waals surface area (Å²) in [5, 5.41) is 5.68. The number of carbonyl (C=O) groups is 1. The van der Waals surface area contributed by atoms with Gasteiger partial charge in [-0.25, -0.2) is 0 Å². The van der Waals surface area contributed by atoms with Crippen molar-refractivity contribution in [3.05, 3.63) is 41.3 Å². The zero-order valence-electron chi connectivity index (χ0n) is 13.4. The monoisotopic (exact) mass is 320 g/mol. The van der Waals surface area contributed by atoms with Crippen molar-refractivity contribution in [3.63, 3.8) is 0 Å². The van der Waals surface area contributed by atoms with Crippen molar-refractivity contribution in [1.29, 1.82) is 0 Å². The second-order valence-electron chi connectivity index (χ2n) is 5.03. The molecule has 1 aromatic carbocycles. The molecule has 1 aromatic rings. The van der Waals surface area contributed by atoms with E-state index in [4.69, 9.17) is 4.74 Å². The number of thioether (sulfide) groups is 1. The van der Waals surface area contributed by atoms with Crippen molar-refractivity contribution in [2.45, 2.75) is 25.8 Å². The lowest BCUT2D eigenvalue weighted by atomic mass is 10.1. The first-order valence-corrected chi connectivity index (χ1v) is 8.71. The largest absolute Gasteiger partial charge is 0.469 e. The summed E-state index contributed by atoms with van der Waals surface area (Å²) in [6.45, 7) is 5.70. The fourth-order valence-corrected chi connectivity index (χ4v) is 3.67. The zero-order chi connectivity index (χ0) is 15.9. The highest BCUT2D eigenvalue weighted by Gasteiger charge is 2.34. The van der Waals surface area contributed by atoms with E-state index in [0.717, 1.165) is 25.2 Å². The van der Waals surface area contributed by atoms with E-state index in [9.17, 15) is 4.79 Å². The third kappa shape index (κ3) is 3.84. The number of ether oxygens (including phenoxy) is 1. The third-order valence-electron chi connectivity index (χ3n) is 3.76. The van der Waals surface area contributed by atoms with E-state index in [-0.39, 0.29) is 17.4 Å². The number of hydrogen-bond donors (Lipinski definition) is 1. The van der Waals surface area contributed by atoms with Crippen LogP contribution in [0.3, 0.4) is 0 Å². The van der Waals surface area contributed by atoms with Gasteiger partial charge in [0.05, 0.1) is 13.0 Å². The SMILES string of the molecule is CC.COC(=O)C1CCN(C2NC(c3ccccc3)=CS2)C1. The molecule has 0 saturated carbocycles. The van der Waals surface area contributed by atoms with Crippen LogP contribution in [-0.4, -0.2) is 36.6 Å². The Labute approximate surface area is 136 Å². The quantitative estimate of drug-likeness (QED) is 0.867. The van der Waals surface area contributed by atoms with E-state index >= 15 is 0 Å². The third-order valence-corrected chi connectivity index (χ3v) is 4.81. The number of rotatable bonds is 3. The average molecular weight is 320 g/mol. The first kappa shape index (κ1) is 16.9. The number of likely N-dealkylation sites (tertiary alicyclic amines) is 1. The predicted molar refractivity (Wildman–Crippen MR) is 92.0 cm³/mol. The van der Waals surface area contributed by atoms with Crippen LogP contribution >= 0.6 is 11.8 Å². The Morgan fingerprint density at radius 1 is 1.32 bits per heavy atom. The molecule has 2 atom stereocenters. The van der Waals surface area contributed by atoms with Crippen LogP contribution in [0, 0.1) is 5.92 Å². The van der Waals surface area contributed by atoms with E-state index in [1.807, 2.05) is 32.0 Å². The molecule has 2 aliphatic heterocycles. The number of carbonyl (C=O) groups excluding carboxylic acids is 1. The molecule has 0 spiro atoms. The van der Waals surface area contributed by atoms with Crippen LogP contribution in [0.5, 0.6) is 0 Å². The number of esters is 1. The van der Waals surface area contributed by atoms with Crippen LogP contribution in [0.1, 0.15) is 25.8 Å². The molecule has 2 unspecified atom stereocenters. The standard InChI is InChI=1S/C15H18N2O2S.C2H6/c1-19-14(18)12-7-8-17(9-12)15-16-13(10-20-15)11-5-3-2-4-6-11;1-2/h2-6,10,12,15-16H,7-9H2,1H3;1-2H3. The molecule has 0 radical (unpaired) electrons. The fraction of sp³-hybridized carbons (Fsp3) is 0.471. The molecular formula is C17H24N2O2S. The molecule has 0 aliphatic carbocycles. The van der Waals surface area contributed by atoms with Crippen LogP contribution in [0.15, 0.2) is 35.7 Å². The molecule has 120 valence electrons. The number of nitrogens with one attached hydrogen (secondary N) is 1. The van der Waals surface area contributed by atoms with Crippen molar-refractivity contribution >= 4 is 23.4 Å². The van der Waals surface area contributed by atoms with Crippen LogP contribution < -0.4 is 5.32 Å². The summed E-state index contributed by atoms with van der Waals surface area (Å²) in [7, 11) is 1.46. The van der Waals surface area contributed by atoms with Crippen molar-refractivity contribution in [2.75, 3.05) is 20.2 Å². The molecule has 0 bridgehead atoms. The van der Waals surface area contributed by atoms with Gasteiger partial charge in [-0.05, 0) is 17.4 Å². The lowest BCUT2D eigenvalue weighted by molar-refractivity contribution is -0.144. The second kappa shape index (κ2) is 8.25. The minimum atomic E-state index is -0.0910. The van der Waals surface area contributed by atoms with Gasteiger partial charge in [0.25, 0.3) is 0 Å². The van der Waals surface area contributed by atoms with Crippen LogP contribution in [-0.2, 0) is 9.53 Å². The highest BCUT2D eigenvalue weighted by atomic mass is 32.2. The van der Waals surface area contributed by atoms with E-state index in [2.05, 4.69) is 27.8 Å². The topological polar surface area (TPSA) is 41.6 Å². The Morgan fingerprint density at radius 3 is 2.73 bits per heavy atom. The van der Waals surface area contributed by atoms with Gasteiger partial charge in [-0.15, -0.1) is 0 Å². The highest BCUT2D eigenvalue weighted by Crippen LogP contribution is 2.32. The van der Waals surface area contributed by atoms with Crippen LogP contribution in [0.4, 0.5) is 0 Å². The summed E-state index contributed by atoms with van der Waals surface area (Å²) in [4.78, 5) is 13.9. The van der Waals surface area contributed by atoms with Gasteiger partial charge in [0.2, 0.25) is 0 Å². The normalized spacial score (nSPS) is 24.0. The number of methoxy groups -OCH3 is 1. The molecule has 1 fully saturated rings. The highest BCUT2D eigenvalue weighted by molar-refractivity contribution is 8.03. The summed E-state index contributed by atoms with van der Waals surface area (Å²) in [6, 6.07) is 10.3. The van der Waals surface area contributed by atoms with Gasteiger partial charge in [0.1, 0.15) is 5.50 Å². The Balaban J connectivity index is 0.000000847. The fourth-order valence-electron chi connectivity index (χ4n) is 2.64. The number of nitrogens with zero attached hydrogens (tertiary/aromatic N) is 1. The molecule has 1 saturated heterocycles. The van der Waals surface area contributed by atoms with Crippen LogP contribution in [0.25, 0.3) is 5.70 Å². The zero-order valence-corrected chi connectivity index (χ0v) is 14.2. The summed E-state index contributed by atoms with van der Waals surface area (Å²) >= 11 is 1.76. The Morgan fingerprint density at radius 2 is 2.05 bits per heavy atom. The second-order valence-corrected chi connectivity index (χ2v) is 5.99. The van der Waals surface area contributed by atoms with Crippen molar-refractivity contribution in [3.8, 4) is 0 Å². The van der Waals surface area contributed by atoms with E-state index < -0.39 is 0 Å². The van der Waals surface area contributed by atoms with Gasteiger partial charge >= 0.3 is 5.97 Å². The maximum absolute atomic E-state index is 11.6. The predicted octanol–water partition coefficient (Wildman–Crippen LogP) is 3.13. The molecule has 2 aliphatic rings. The molecule has 3 rings (SSSR count). The Kier molecular flexibility index (Phi) is 6.34. The van der Waals surface area contributed by atoms with Crippen LogP contribution in [0.2, 0.25) is 0 Å². The van der Waals surface area contributed by atoms with Crippen molar-refractivity contribution < 1.29 is 9.53 Å². The van der Waals surface area contributed by atoms with Gasteiger partial charge in [0.15, 0.2) is 0 Å². The molecule has 0 amide bonds. The smallest absolute Gasteiger partial charge is 0.310 e. The first-order chi connectivity index (χ1) is 10.8. The lowest BCUT2D eigenvalue weighted by Crippen LogP contribution is -2.39. The molecule has 2 heterocycles. The van der Waals surface area contributed by atoms with Crippen molar-refractivity contribution in [2.24, 2.45) is 5.92 Å². The van der Waals surface area contributed by atoms with Gasteiger partial charge in [-0.1, -0.05) is 55.9 Å².